The third-order valence-electron chi connectivity index (χ3n) is 0.482. The lowest BCUT2D eigenvalue weighted by Crippen LogP contribution is -1.91. The average Bonchev–Trinajstić information content (AvgIpc) is 1.61. The van der Waals surface area contributed by atoms with Crippen LogP contribution in [0.3, 0.4) is 0 Å². The summed E-state index contributed by atoms with van der Waals surface area (Å²) in [4.78, 5) is 0. The van der Waals surface area contributed by atoms with Gasteiger partial charge in [0.15, 0.2) is 0 Å². The largest absolute Gasteiger partial charge is 0.506 e. The minimum atomic E-state index is -0.210. The minimum absolute atomic E-state index is 0.210. The lowest BCUT2D eigenvalue weighted by molar-refractivity contribution is 0.442. The summed E-state index contributed by atoms with van der Waals surface area (Å²) in [5.74, 6) is 0.764. The first-order valence-electron chi connectivity index (χ1n) is 1.96. The van der Waals surface area contributed by atoms with Crippen LogP contribution in [0, 0.1) is 0 Å². The van der Waals surface area contributed by atoms with E-state index in [9.17, 15) is 0 Å². The van der Waals surface area contributed by atoms with Gasteiger partial charge in [0.1, 0.15) is 0 Å². The van der Waals surface area contributed by atoms with Gasteiger partial charge in [0.25, 0.3) is 0 Å². The van der Waals surface area contributed by atoms with Gasteiger partial charge < -0.3 is 3.79 Å². The predicted molar refractivity (Wildman–Crippen MR) is 29.7 cm³/mol. The summed E-state index contributed by atoms with van der Waals surface area (Å²) in [5, 5.41) is 1.10. The third-order valence-corrected chi connectivity index (χ3v) is 2.25. The molecule has 0 aliphatic heterocycles. The maximum absolute atomic E-state index is 5.34. The van der Waals surface area contributed by atoms with Gasteiger partial charge in [0.2, 0.25) is 0 Å². The quantitative estimate of drug-likeness (QED) is 0.303. The van der Waals surface area contributed by atoms with Crippen molar-refractivity contribution in [2.75, 3.05) is 13.0 Å². The van der Waals surface area contributed by atoms with E-state index in [2.05, 4.69) is 0 Å². The standard InChI is InChI=1S/C2H4Cl.CH3O.Al.H/c1-2-3;1-2;;/h1-2H2;1H3;;/q;-1;+1;. The second kappa shape index (κ2) is 5.78. The molecule has 6 heavy (non-hydrogen) atoms. The molecule has 0 amide bonds. The van der Waals surface area contributed by atoms with Crippen molar-refractivity contribution in [1.82, 2.24) is 0 Å². The first-order chi connectivity index (χ1) is 2.91. The van der Waals surface area contributed by atoms with Gasteiger partial charge in [0, 0.05) is 13.0 Å². The fourth-order valence-corrected chi connectivity index (χ4v) is 0.924. The molecule has 0 unspecified atom stereocenters. The fraction of sp³-hybridized carbons (Fsp3) is 1.00. The van der Waals surface area contributed by atoms with Crippen molar-refractivity contribution < 1.29 is 3.79 Å². The molecule has 0 aliphatic rings. The van der Waals surface area contributed by atoms with Gasteiger partial charge in [-0.15, -0.1) is 11.6 Å². The van der Waals surface area contributed by atoms with Gasteiger partial charge in [0.05, 0.1) is 0 Å². The van der Waals surface area contributed by atoms with Gasteiger partial charge >= 0.3 is 15.6 Å². The number of alkyl halides is 1. The Morgan fingerprint density at radius 2 is 2.50 bits per heavy atom. The van der Waals surface area contributed by atoms with E-state index in [4.69, 9.17) is 15.4 Å². The summed E-state index contributed by atoms with van der Waals surface area (Å²) in [6.45, 7) is 0. The van der Waals surface area contributed by atoms with E-state index >= 15 is 0 Å². The summed E-state index contributed by atoms with van der Waals surface area (Å²) in [7, 11) is 1.73. The Morgan fingerprint density at radius 1 is 1.83 bits per heavy atom. The second-order valence-electron chi connectivity index (χ2n) is 1.04. The summed E-state index contributed by atoms with van der Waals surface area (Å²) in [6, 6.07) is 0. The number of halogens is 1. The Morgan fingerprint density at radius 3 is 2.67 bits per heavy atom. The topological polar surface area (TPSA) is 9.23 Å². The smallest absolute Gasteiger partial charge is 0.436 e. The Balaban J connectivity index is 2.34. The molecule has 0 spiro atoms. The highest BCUT2D eigenvalue weighted by Gasteiger charge is 1.85. The van der Waals surface area contributed by atoms with Crippen LogP contribution in [-0.4, -0.2) is 28.5 Å². The van der Waals surface area contributed by atoms with Crippen LogP contribution in [0.15, 0.2) is 0 Å². The predicted octanol–water partition coefficient (Wildman–Crippen LogP) is 0.641. The average molecular weight is 123 g/mol. The molecule has 0 bridgehead atoms. The van der Waals surface area contributed by atoms with Crippen LogP contribution in [0.1, 0.15) is 0 Å². The van der Waals surface area contributed by atoms with E-state index in [1.807, 2.05) is 0 Å². The lowest BCUT2D eigenvalue weighted by atomic mass is 11.0. The van der Waals surface area contributed by atoms with Crippen LogP contribution in [0.5, 0.6) is 0 Å². The normalized spacial score (nSPS) is 8.33. The molecule has 0 heterocycles. The highest BCUT2D eigenvalue weighted by Crippen LogP contribution is 1.81. The van der Waals surface area contributed by atoms with E-state index in [1.54, 1.807) is 7.11 Å². The highest BCUT2D eigenvalue weighted by atomic mass is 35.5. The van der Waals surface area contributed by atoms with Crippen molar-refractivity contribution in [3.63, 3.8) is 0 Å². The SMILES string of the molecule is C[O][AlH][CH2]CCl. The van der Waals surface area contributed by atoms with Gasteiger partial charge in [-0.3, -0.25) is 0 Å². The lowest BCUT2D eigenvalue weighted by Gasteiger charge is -1.84. The maximum atomic E-state index is 5.34. The molecule has 0 aromatic rings. The van der Waals surface area contributed by atoms with Crippen molar-refractivity contribution >= 4 is 27.2 Å². The Labute approximate surface area is 49.7 Å². The Kier molecular flexibility index (Phi) is 6.54. The van der Waals surface area contributed by atoms with Crippen LogP contribution in [0.4, 0.5) is 0 Å². The van der Waals surface area contributed by atoms with Crippen molar-refractivity contribution in [3.8, 4) is 0 Å². The molecule has 0 fully saturated rings. The molecular weight excluding hydrogens is 114 g/mol. The zero-order chi connectivity index (χ0) is 4.83. The van der Waals surface area contributed by atoms with E-state index in [1.165, 1.54) is 0 Å². The van der Waals surface area contributed by atoms with Crippen molar-refractivity contribution in [1.29, 1.82) is 0 Å². The van der Waals surface area contributed by atoms with Crippen LogP contribution in [0.25, 0.3) is 0 Å². The maximum Gasteiger partial charge on any atom is 0.436 e. The van der Waals surface area contributed by atoms with Crippen molar-refractivity contribution in [2.45, 2.75) is 5.28 Å². The molecule has 3 heteroatoms. The molecule has 0 atom stereocenters. The third kappa shape index (κ3) is 4.78. The monoisotopic (exact) mass is 122 g/mol. The molecule has 0 aliphatic carbocycles. The zero-order valence-corrected chi connectivity index (χ0v) is 6.08. The molecule has 0 aromatic heterocycles. The molecule has 0 rings (SSSR count). The van der Waals surface area contributed by atoms with E-state index in [-0.39, 0.29) is 15.6 Å². The van der Waals surface area contributed by atoms with Gasteiger partial charge in [-0.25, -0.2) is 0 Å². The Hall–Kier alpha value is 0.782. The molecule has 1 nitrogen and oxygen atoms in total. The second-order valence-corrected chi connectivity index (χ2v) is 3.11. The molecule has 0 aromatic carbocycles. The molecule has 0 N–H and O–H groups in total. The summed E-state index contributed by atoms with van der Waals surface area (Å²) >= 11 is 5.12. The number of rotatable bonds is 3. The molecular formula is C3H8AlClO. The fourth-order valence-electron chi connectivity index (χ4n) is 0.199. The van der Waals surface area contributed by atoms with Crippen LogP contribution < -0.4 is 0 Å². The molecule has 0 radical (unpaired) electrons. The summed E-state index contributed by atoms with van der Waals surface area (Å²) < 4.78 is 4.84. The van der Waals surface area contributed by atoms with Crippen molar-refractivity contribution in [3.05, 3.63) is 0 Å². The van der Waals surface area contributed by atoms with Crippen LogP contribution in [0.2, 0.25) is 5.28 Å². The van der Waals surface area contributed by atoms with Crippen molar-refractivity contribution in [2.24, 2.45) is 0 Å². The first kappa shape index (κ1) is 6.78. The molecule has 0 saturated heterocycles. The summed E-state index contributed by atoms with van der Waals surface area (Å²) in [6.07, 6.45) is 0. The van der Waals surface area contributed by atoms with E-state index in [0.717, 1.165) is 11.2 Å². The molecule has 36 valence electrons. The Bertz CT molecular complexity index is 22.8. The van der Waals surface area contributed by atoms with Crippen LogP contribution in [-0.2, 0) is 3.79 Å². The zero-order valence-electron chi connectivity index (χ0n) is 3.91. The van der Waals surface area contributed by atoms with Gasteiger partial charge in [-0.05, 0) is 0 Å². The first-order valence-corrected chi connectivity index (χ1v) is 4.08. The van der Waals surface area contributed by atoms with Gasteiger partial charge in [-0.2, -0.15) is 0 Å². The van der Waals surface area contributed by atoms with E-state index < -0.39 is 0 Å². The number of hydrogen-bond acceptors (Lipinski definition) is 1. The number of hydrogen-bond donors (Lipinski definition) is 0. The summed E-state index contributed by atoms with van der Waals surface area (Å²) in [5.41, 5.74) is 0. The minimum Gasteiger partial charge on any atom is -0.506 e. The molecule has 0 saturated carbocycles. The van der Waals surface area contributed by atoms with Gasteiger partial charge in [-0.1, -0.05) is 5.28 Å². The highest BCUT2D eigenvalue weighted by molar-refractivity contribution is 6.31. The van der Waals surface area contributed by atoms with E-state index in [0.29, 0.717) is 0 Å². The van der Waals surface area contributed by atoms with Crippen LogP contribution >= 0.6 is 11.6 Å².